The highest BCUT2D eigenvalue weighted by atomic mass is 15.0. The molecule has 0 radical (unpaired) electrons. The molecule has 0 amide bonds. The highest BCUT2D eigenvalue weighted by molar-refractivity contribution is 6.35. The van der Waals surface area contributed by atoms with Gasteiger partial charge in [-0.2, -0.15) is 0 Å². The summed E-state index contributed by atoms with van der Waals surface area (Å²) in [6.45, 7) is 6.91. The van der Waals surface area contributed by atoms with Crippen molar-refractivity contribution < 1.29 is 0 Å². The van der Waals surface area contributed by atoms with Crippen molar-refractivity contribution >= 4 is 34.0 Å². The Morgan fingerprint density at radius 3 is 1.92 bits per heavy atom. The van der Waals surface area contributed by atoms with E-state index in [1.807, 2.05) is 0 Å². The van der Waals surface area contributed by atoms with E-state index in [0.29, 0.717) is 0 Å². The molecule has 0 fully saturated rings. The number of fused-ring (bicyclic) bond motifs is 10. The molecule has 0 atom stereocenters. The third-order valence-corrected chi connectivity index (χ3v) is 11.3. The number of para-hydroxylation sites is 1. The number of hydrogen-bond acceptors (Lipinski definition) is 1. The Kier molecular flexibility index (Phi) is 6.63. The molecule has 2 heteroatoms. The van der Waals surface area contributed by atoms with Crippen molar-refractivity contribution in [3.05, 3.63) is 215 Å². The van der Waals surface area contributed by atoms with Gasteiger partial charge in [0, 0.05) is 27.9 Å². The smallest absolute Gasteiger partial charge is 0.0787 e. The zero-order valence-corrected chi connectivity index (χ0v) is 28.6. The lowest BCUT2D eigenvalue weighted by atomic mass is 9.70. The molecule has 6 aromatic carbocycles. The topological polar surface area (TPSA) is 17.3 Å². The van der Waals surface area contributed by atoms with Gasteiger partial charge in [-0.15, -0.1) is 0 Å². The minimum atomic E-state index is -0.398. The Labute approximate surface area is 299 Å². The van der Waals surface area contributed by atoms with Crippen LogP contribution in [0.3, 0.4) is 0 Å². The predicted molar refractivity (Wildman–Crippen MR) is 213 cm³/mol. The van der Waals surface area contributed by atoms with Crippen LogP contribution in [0.5, 0.6) is 0 Å². The van der Waals surface area contributed by atoms with Gasteiger partial charge in [0.05, 0.1) is 22.3 Å². The first-order valence-electron chi connectivity index (χ1n) is 17.9. The summed E-state index contributed by atoms with van der Waals surface area (Å²) in [5.41, 5.74) is 18.8. The SMILES string of the molecule is C=C(N=C(C1=C(C)C2(c3ccccc31)c1ccccc1-c1ccccc12)c1ccccc1)c1ccc(-n2c3c(c4ccccc42)CCC=C3)cc1. The van der Waals surface area contributed by atoms with E-state index in [1.54, 1.807) is 0 Å². The first-order valence-corrected chi connectivity index (χ1v) is 17.9. The number of rotatable bonds is 5. The molecule has 0 unspecified atom stereocenters. The Hall–Kier alpha value is -6.25. The first kappa shape index (κ1) is 29.6. The van der Waals surface area contributed by atoms with E-state index in [2.05, 4.69) is 182 Å². The molecule has 1 heterocycles. The maximum absolute atomic E-state index is 5.47. The van der Waals surface area contributed by atoms with Gasteiger partial charge in [-0.1, -0.05) is 146 Å². The number of aryl methyl sites for hydroxylation is 1. The predicted octanol–water partition coefficient (Wildman–Crippen LogP) is 11.9. The van der Waals surface area contributed by atoms with Gasteiger partial charge in [0.25, 0.3) is 0 Å². The second-order valence-corrected chi connectivity index (χ2v) is 13.9. The molecule has 0 saturated carbocycles. The van der Waals surface area contributed by atoms with E-state index in [0.717, 1.165) is 41.1 Å². The van der Waals surface area contributed by atoms with Crippen LogP contribution in [0.2, 0.25) is 0 Å². The van der Waals surface area contributed by atoms with Crippen molar-refractivity contribution in [2.45, 2.75) is 25.2 Å². The Morgan fingerprint density at radius 2 is 1.22 bits per heavy atom. The van der Waals surface area contributed by atoms with Gasteiger partial charge in [-0.25, -0.2) is 4.99 Å². The zero-order chi connectivity index (χ0) is 34.1. The third-order valence-electron chi connectivity index (χ3n) is 11.3. The number of aromatic nitrogens is 1. The van der Waals surface area contributed by atoms with Crippen LogP contribution in [0.25, 0.3) is 45.1 Å². The molecule has 242 valence electrons. The van der Waals surface area contributed by atoms with Crippen LogP contribution in [0.4, 0.5) is 0 Å². The number of benzene rings is 6. The Balaban J connectivity index is 1.14. The molecular weight excluding hydrogens is 617 g/mol. The van der Waals surface area contributed by atoms with Gasteiger partial charge in [0.2, 0.25) is 0 Å². The van der Waals surface area contributed by atoms with Crippen LogP contribution in [0.1, 0.15) is 58.0 Å². The van der Waals surface area contributed by atoms with Crippen LogP contribution in [0, 0.1) is 0 Å². The average molecular weight is 653 g/mol. The van der Waals surface area contributed by atoms with Gasteiger partial charge >= 0.3 is 0 Å². The second kappa shape index (κ2) is 11.4. The molecule has 2 nitrogen and oxygen atoms in total. The molecule has 3 aliphatic carbocycles. The maximum atomic E-state index is 5.47. The minimum Gasteiger partial charge on any atom is -0.310 e. The summed E-state index contributed by atoms with van der Waals surface area (Å²) < 4.78 is 2.39. The molecule has 51 heavy (non-hydrogen) atoms. The Bertz CT molecular complexity index is 2600. The number of hydrogen-bond donors (Lipinski definition) is 0. The van der Waals surface area contributed by atoms with Crippen LogP contribution < -0.4 is 0 Å². The summed E-state index contributed by atoms with van der Waals surface area (Å²) in [6, 6.07) is 55.0. The van der Waals surface area contributed by atoms with Crippen molar-refractivity contribution in [1.82, 2.24) is 4.57 Å². The standard InChI is InChI=1S/C49H36N2/c1-32-47(41-22-8-13-25-44(41)49(32)42-23-11-6-18-37(42)38-19-7-12-24-43(38)49)48(35-16-4-3-5-17-35)50-33(2)34-28-30-36(31-29-34)51-45-26-14-9-20-39(45)40-21-10-15-27-46(40)51/h3-9,11-20,22-31H,2,10,21H2,1H3. The van der Waals surface area contributed by atoms with Crippen molar-refractivity contribution in [2.75, 3.05) is 0 Å². The molecular formula is C49H36N2. The van der Waals surface area contributed by atoms with Crippen molar-refractivity contribution in [3.8, 4) is 16.8 Å². The quantitative estimate of drug-likeness (QED) is 0.165. The highest BCUT2D eigenvalue weighted by Gasteiger charge is 2.51. The molecule has 7 aromatic rings. The molecule has 0 aliphatic heterocycles. The fraction of sp³-hybridized carbons (Fsp3) is 0.0816. The molecule has 10 rings (SSSR count). The second-order valence-electron chi connectivity index (χ2n) is 13.9. The summed E-state index contributed by atoms with van der Waals surface area (Å²) in [5.74, 6) is 0. The fourth-order valence-corrected chi connectivity index (χ4v) is 9.18. The summed E-state index contributed by atoms with van der Waals surface area (Å²) in [6.07, 6.45) is 6.73. The summed E-state index contributed by atoms with van der Waals surface area (Å²) in [4.78, 5) is 5.47. The summed E-state index contributed by atoms with van der Waals surface area (Å²) in [5, 5.41) is 1.34. The molecule has 0 bridgehead atoms. The first-order chi connectivity index (χ1) is 25.2. The lowest BCUT2D eigenvalue weighted by Gasteiger charge is -2.31. The van der Waals surface area contributed by atoms with Crippen LogP contribution in [-0.4, -0.2) is 10.3 Å². The van der Waals surface area contributed by atoms with E-state index in [9.17, 15) is 0 Å². The lowest BCUT2D eigenvalue weighted by molar-refractivity contribution is 0.767. The van der Waals surface area contributed by atoms with Gasteiger partial charge in [0.15, 0.2) is 0 Å². The van der Waals surface area contributed by atoms with Crippen molar-refractivity contribution in [2.24, 2.45) is 4.99 Å². The van der Waals surface area contributed by atoms with Crippen LogP contribution in [0.15, 0.2) is 175 Å². The molecule has 0 saturated heterocycles. The monoisotopic (exact) mass is 652 g/mol. The van der Waals surface area contributed by atoms with Gasteiger partial charge in [0.1, 0.15) is 0 Å². The minimum absolute atomic E-state index is 0.398. The van der Waals surface area contributed by atoms with Crippen molar-refractivity contribution in [3.63, 3.8) is 0 Å². The molecule has 0 N–H and O–H groups in total. The highest BCUT2D eigenvalue weighted by Crippen LogP contribution is 2.62. The normalized spacial score (nSPS) is 15.2. The summed E-state index contributed by atoms with van der Waals surface area (Å²) in [7, 11) is 0. The van der Waals surface area contributed by atoms with E-state index in [1.165, 1.54) is 66.7 Å². The number of nitrogens with zero attached hydrogens (tertiary/aromatic N) is 2. The maximum Gasteiger partial charge on any atom is 0.0787 e. The number of allylic oxidation sites excluding steroid dienone is 3. The Morgan fingerprint density at radius 1 is 0.627 bits per heavy atom. The van der Waals surface area contributed by atoms with E-state index in [4.69, 9.17) is 4.99 Å². The largest absolute Gasteiger partial charge is 0.310 e. The molecule has 1 aromatic heterocycles. The van der Waals surface area contributed by atoms with Crippen molar-refractivity contribution in [1.29, 1.82) is 0 Å². The van der Waals surface area contributed by atoms with E-state index in [-0.39, 0.29) is 0 Å². The fourth-order valence-electron chi connectivity index (χ4n) is 9.18. The average Bonchev–Trinajstić information content (AvgIpc) is 3.78. The molecule has 1 spiro atoms. The van der Waals surface area contributed by atoms with Gasteiger partial charge in [-0.3, -0.25) is 0 Å². The number of aliphatic imine (C=N–C) groups is 1. The molecule has 3 aliphatic rings. The van der Waals surface area contributed by atoms with E-state index >= 15 is 0 Å². The zero-order valence-electron chi connectivity index (χ0n) is 28.6. The van der Waals surface area contributed by atoms with E-state index < -0.39 is 5.41 Å². The lowest BCUT2D eigenvalue weighted by Crippen LogP contribution is -2.26. The summed E-state index contributed by atoms with van der Waals surface area (Å²) >= 11 is 0. The van der Waals surface area contributed by atoms with Crippen LogP contribution >= 0.6 is 0 Å². The third kappa shape index (κ3) is 4.20. The van der Waals surface area contributed by atoms with Gasteiger partial charge in [-0.05, 0) is 94.1 Å². The van der Waals surface area contributed by atoms with Gasteiger partial charge < -0.3 is 4.57 Å². The van der Waals surface area contributed by atoms with Crippen LogP contribution in [-0.2, 0) is 11.8 Å².